The van der Waals surface area contributed by atoms with Crippen molar-refractivity contribution in [2.24, 2.45) is 0 Å². The van der Waals surface area contributed by atoms with Crippen molar-refractivity contribution in [3.8, 4) is 0 Å². The van der Waals surface area contributed by atoms with Crippen molar-refractivity contribution in [3.05, 3.63) is 35.4 Å². The van der Waals surface area contributed by atoms with Crippen LogP contribution in [0.2, 0.25) is 0 Å². The first-order valence-corrected chi connectivity index (χ1v) is 7.72. The van der Waals surface area contributed by atoms with Gasteiger partial charge in [-0.3, -0.25) is 9.59 Å². The molecule has 0 aromatic heterocycles. The summed E-state index contributed by atoms with van der Waals surface area (Å²) in [5, 5.41) is 2.85. The second-order valence-corrected chi connectivity index (χ2v) is 6.33. The van der Waals surface area contributed by atoms with E-state index in [1.165, 1.54) is 11.1 Å². The Morgan fingerprint density at radius 2 is 2.00 bits per heavy atom. The lowest BCUT2D eigenvalue weighted by atomic mass is 9.85. The third kappa shape index (κ3) is 2.43. The van der Waals surface area contributed by atoms with Gasteiger partial charge in [0.05, 0.1) is 6.54 Å². The average molecular weight is 286 g/mol. The highest BCUT2D eigenvalue weighted by Gasteiger charge is 2.44. The fourth-order valence-electron chi connectivity index (χ4n) is 3.42. The van der Waals surface area contributed by atoms with Crippen LogP contribution < -0.4 is 5.32 Å². The number of aryl methyl sites for hydroxylation is 1. The van der Waals surface area contributed by atoms with Crippen LogP contribution in [0.15, 0.2) is 24.3 Å². The zero-order chi connectivity index (χ0) is 15.0. The summed E-state index contributed by atoms with van der Waals surface area (Å²) in [4.78, 5) is 26.5. The van der Waals surface area contributed by atoms with Gasteiger partial charge in [0.2, 0.25) is 11.8 Å². The number of hydrogen-bond donors (Lipinski definition) is 1. The van der Waals surface area contributed by atoms with Gasteiger partial charge in [-0.05, 0) is 43.7 Å². The number of carbonyl (C=O) groups is 2. The van der Waals surface area contributed by atoms with Crippen LogP contribution >= 0.6 is 0 Å². The van der Waals surface area contributed by atoms with Crippen LogP contribution in [-0.4, -0.2) is 34.8 Å². The smallest absolute Gasteiger partial charge is 0.248 e. The molecule has 2 aliphatic rings. The molecule has 112 valence electrons. The number of nitrogens with zero attached hydrogens (tertiary/aromatic N) is 1. The molecule has 1 aliphatic carbocycles. The largest absolute Gasteiger partial charge is 0.340 e. The summed E-state index contributed by atoms with van der Waals surface area (Å²) < 4.78 is 0. The second kappa shape index (κ2) is 5.17. The minimum atomic E-state index is -0.744. The number of rotatable bonds is 2. The van der Waals surface area contributed by atoms with E-state index in [1.807, 2.05) is 19.9 Å². The number of nitrogens with one attached hydrogen (secondary N) is 1. The van der Waals surface area contributed by atoms with E-state index < -0.39 is 5.54 Å². The fourth-order valence-corrected chi connectivity index (χ4v) is 3.42. The van der Waals surface area contributed by atoms with Crippen molar-refractivity contribution in [2.75, 3.05) is 6.54 Å². The molecule has 1 fully saturated rings. The number of benzene rings is 1. The van der Waals surface area contributed by atoms with Crippen LogP contribution in [0.4, 0.5) is 0 Å². The van der Waals surface area contributed by atoms with Crippen molar-refractivity contribution >= 4 is 11.8 Å². The predicted octanol–water partition coefficient (Wildman–Crippen LogP) is 1.67. The molecular weight excluding hydrogens is 264 g/mol. The van der Waals surface area contributed by atoms with Crippen molar-refractivity contribution < 1.29 is 9.59 Å². The molecule has 4 heteroatoms. The molecule has 2 amide bonds. The number of carbonyl (C=O) groups excluding carboxylic acids is 2. The van der Waals surface area contributed by atoms with Crippen molar-refractivity contribution in [3.63, 3.8) is 0 Å². The molecular formula is C17H22N2O2. The zero-order valence-electron chi connectivity index (χ0n) is 12.7. The monoisotopic (exact) mass is 286 g/mol. The van der Waals surface area contributed by atoms with E-state index in [1.54, 1.807) is 4.90 Å². The van der Waals surface area contributed by atoms with Gasteiger partial charge in [-0.1, -0.05) is 31.2 Å². The summed E-state index contributed by atoms with van der Waals surface area (Å²) >= 11 is 0. The first-order chi connectivity index (χ1) is 10.0. The van der Waals surface area contributed by atoms with Gasteiger partial charge < -0.3 is 10.2 Å². The molecule has 21 heavy (non-hydrogen) atoms. The van der Waals surface area contributed by atoms with E-state index in [2.05, 4.69) is 23.5 Å². The van der Waals surface area contributed by atoms with Crippen LogP contribution in [0, 0.1) is 0 Å². The molecule has 1 aromatic carbocycles. The maximum atomic E-state index is 12.7. The summed E-state index contributed by atoms with van der Waals surface area (Å²) in [5.41, 5.74) is 1.94. The van der Waals surface area contributed by atoms with Crippen LogP contribution in [-0.2, 0) is 22.4 Å². The standard InChI is InChI=1S/C17H22N2O2/c1-3-17(2)16(21)19(11-15(20)18-17)14-9-8-12-6-4-5-7-13(12)10-14/h4-7,14H,3,8-11H2,1-2H3,(H,18,20). The van der Waals surface area contributed by atoms with Gasteiger partial charge in [0.15, 0.2) is 0 Å². The molecule has 2 atom stereocenters. The molecule has 1 heterocycles. The second-order valence-electron chi connectivity index (χ2n) is 6.33. The van der Waals surface area contributed by atoms with Crippen LogP contribution in [0.5, 0.6) is 0 Å². The molecule has 0 radical (unpaired) electrons. The lowest BCUT2D eigenvalue weighted by molar-refractivity contribution is -0.152. The Hall–Kier alpha value is -1.84. The van der Waals surface area contributed by atoms with E-state index in [0.29, 0.717) is 6.42 Å². The average Bonchev–Trinajstić information content (AvgIpc) is 2.50. The molecule has 0 saturated carbocycles. The Bertz CT molecular complexity index is 584. The third-order valence-electron chi connectivity index (χ3n) is 4.93. The van der Waals surface area contributed by atoms with Crippen molar-refractivity contribution in [2.45, 2.75) is 51.1 Å². The van der Waals surface area contributed by atoms with Gasteiger partial charge in [-0.2, -0.15) is 0 Å². The van der Waals surface area contributed by atoms with Gasteiger partial charge in [0.25, 0.3) is 0 Å². The maximum absolute atomic E-state index is 12.7. The number of fused-ring (bicyclic) bond motifs is 1. The quantitative estimate of drug-likeness (QED) is 0.899. The molecule has 1 N–H and O–H groups in total. The number of hydrogen-bond acceptors (Lipinski definition) is 2. The van der Waals surface area contributed by atoms with E-state index in [9.17, 15) is 9.59 Å². The van der Waals surface area contributed by atoms with Crippen LogP contribution in [0.3, 0.4) is 0 Å². The first kappa shape index (κ1) is 14.1. The van der Waals surface area contributed by atoms with Gasteiger partial charge in [0, 0.05) is 6.04 Å². The summed E-state index contributed by atoms with van der Waals surface area (Å²) in [5.74, 6) is 0.0202. The van der Waals surface area contributed by atoms with Crippen LogP contribution in [0.25, 0.3) is 0 Å². The molecule has 1 aromatic rings. The summed E-state index contributed by atoms with van der Waals surface area (Å²) in [7, 11) is 0. The molecule has 2 unspecified atom stereocenters. The van der Waals surface area contributed by atoms with E-state index in [-0.39, 0.29) is 24.4 Å². The summed E-state index contributed by atoms with van der Waals surface area (Å²) in [6.45, 7) is 3.97. The van der Waals surface area contributed by atoms with E-state index in [4.69, 9.17) is 0 Å². The van der Waals surface area contributed by atoms with Gasteiger partial charge in [-0.25, -0.2) is 0 Å². The number of amides is 2. The normalized spacial score (nSPS) is 29.0. The Balaban J connectivity index is 1.84. The molecule has 3 rings (SSSR count). The Labute approximate surface area is 125 Å². The van der Waals surface area contributed by atoms with E-state index >= 15 is 0 Å². The molecule has 0 spiro atoms. The Morgan fingerprint density at radius 1 is 1.29 bits per heavy atom. The summed E-state index contributed by atoms with van der Waals surface area (Å²) in [6, 6.07) is 8.54. The molecule has 1 aliphatic heterocycles. The van der Waals surface area contributed by atoms with Gasteiger partial charge in [-0.15, -0.1) is 0 Å². The van der Waals surface area contributed by atoms with Crippen molar-refractivity contribution in [1.82, 2.24) is 10.2 Å². The Morgan fingerprint density at radius 3 is 2.71 bits per heavy atom. The third-order valence-corrected chi connectivity index (χ3v) is 4.93. The highest BCUT2D eigenvalue weighted by molar-refractivity contribution is 5.97. The molecule has 4 nitrogen and oxygen atoms in total. The van der Waals surface area contributed by atoms with Gasteiger partial charge >= 0.3 is 0 Å². The molecule has 0 bridgehead atoms. The minimum Gasteiger partial charge on any atom is -0.340 e. The predicted molar refractivity (Wildman–Crippen MR) is 80.8 cm³/mol. The Kier molecular flexibility index (Phi) is 3.47. The lowest BCUT2D eigenvalue weighted by Gasteiger charge is -2.44. The SMILES string of the molecule is CCC1(C)NC(=O)CN(C2CCc3ccccc3C2)C1=O. The zero-order valence-corrected chi connectivity index (χ0v) is 12.7. The summed E-state index contributed by atoms with van der Waals surface area (Å²) in [6.07, 6.45) is 3.40. The van der Waals surface area contributed by atoms with Crippen LogP contribution in [0.1, 0.15) is 37.8 Å². The minimum absolute atomic E-state index is 0.0437. The van der Waals surface area contributed by atoms with Crippen molar-refractivity contribution in [1.29, 1.82) is 0 Å². The van der Waals surface area contributed by atoms with Gasteiger partial charge in [0.1, 0.15) is 5.54 Å². The number of piperazine rings is 1. The maximum Gasteiger partial charge on any atom is 0.248 e. The topological polar surface area (TPSA) is 49.4 Å². The lowest BCUT2D eigenvalue weighted by Crippen LogP contribution is -2.67. The highest BCUT2D eigenvalue weighted by Crippen LogP contribution is 2.28. The highest BCUT2D eigenvalue weighted by atomic mass is 16.2. The first-order valence-electron chi connectivity index (χ1n) is 7.72. The molecule has 1 saturated heterocycles. The fraction of sp³-hybridized carbons (Fsp3) is 0.529. The van der Waals surface area contributed by atoms with E-state index in [0.717, 1.165) is 19.3 Å².